The van der Waals surface area contributed by atoms with Crippen LogP contribution in [0.3, 0.4) is 0 Å². The van der Waals surface area contributed by atoms with Gasteiger partial charge in [0.2, 0.25) is 0 Å². The summed E-state index contributed by atoms with van der Waals surface area (Å²) in [5.74, 6) is 12.8. The second kappa shape index (κ2) is 52.3. The van der Waals surface area contributed by atoms with Gasteiger partial charge in [-0.05, 0) is 125 Å². The van der Waals surface area contributed by atoms with Crippen molar-refractivity contribution in [3.8, 4) is 35.2 Å². The van der Waals surface area contributed by atoms with Crippen LogP contribution in [-0.2, 0) is 42.2 Å². The smallest absolute Gasteiger partial charge is 0.873 e. The number of unbranched alkanes of at least 4 members (excludes halogenated alkanes) is 28. The van der Waals surface area contributed by atoms with Gasteiger partial charge in [0, 0.05) is 25.7 Å². The third kappa shape index (κ3) is 37.0. The molecule has 0 spiro atoms. The van der Waals surface area contributed by atoms with Crippen molar-refractivity contribution in [3.63, 3.8) is 0 Å². The number of para-hydroxylation sites is 2. The van der Waals surface area contributed by atoms with Crippen molar-refractivity contribution in [2.45, 2.75) is 305 Å². The van der Waals surface area contributed by atoms with Gasteiger partial charge < -0.3 is 10.2 Å². The van der Waals surface area contributed by atoms with E-state index in [1.165, 1.54) is 165 Å². The molecule has 0 heterocycles. The number of allylic oxidation sites excluding steroid dienone is 2. The Hall–Kier alpha value is -4.05. The average Bonchev–Trinajstić information content (AvgIpc) is 3.45. The largest absolute Gasteiger partial charge is 2.00 e. The Morgan fingerprint density at radius 1 is 0.410 bits per heavy atom. The Morgan fingerprint density at radius 3 is 1.33 bits per heavy atom. The molecule has 0 saturated carbocycles. The minimum Gasteiger partial charge on any atom is -0.873 e. The molecule has 3 aromatic carbocycles. The van der Waals surface area contributed by atoms with E-state index in [9.17, 15) is 10.2 Å². The first kappa shape index (κ1) is 72.0. The quantitative estimate of drug-likeness (QED) is 0.0245. The summed E-state index contributed by atoms with van der Waals surface area (Å²) < 4.78 is 0. The van der Waals surface area contributed by atoms with Gasteiger partial charge in [-0.1, -0.05) is 249 Å². The minimum absolute atomic E-state index is 0. The summed E-state index contributed by atoms with van der Waals surface area (Å²) in [7, 11) is 0. The van der Waals surface area contributed by atoms with Gasteiger partial charge in [-0.2, -0.15) is 0 Å². The predicted molar refractivity (Wildman–Crippen MR) is 337 cm³/mol. The van der Waals surface area contributed by atoms with Crippen LogP contribution >= 0.6 is 0 Å². The summed E-state index contributed by atoms with van der Waals surface area (Å²) in [5, 5.41) is 23.2. The van der Waals surface area contributed by atoms with Crippen LogP contribution in [0.1, 0.15) is 301 Å². The van der Waals surface area contributed by atoms with Crippen LogP contribution in [0.2, 0.25) is 0 Å². The van der Waals surface area contributed by atoms with Gasteiger partial charge in [-0.15, -0.1) is 35.2 Å². The molecule has 0 aromatic heterocycles. The Balaban J connectivity index is 0.00000143. The van der Waals surface area contributed by atoms with Crippen molar-refractivity contribution in [1.29, 1.82) is 0 Å². The van der Waals surface area contributed by atoms with Crippen molar-refractivity contribution < 1.29 is 26.7 Å². The zero-order valence-electron chi connectivity index (χ0n) is 50.9. The summed E-state index contributed by atoms with van der Waals surface area (Å²) in [6, 6.07) is 21.0. The Bertz CT molecular complexity index is 2130. The second-order valence-electron chi connectivity index (χ2n) is 21.9. The van der Waals surface area contributed by atoms with E-state index in [0.717, 1.165) is 144 Å². The Morgan fingerprint density at radius 2 is 0.833 bits per heavy atom. The maximum absolute atomic E-state index is 11.6. The number of hydrogen-bond acceptors (Lipinski definition) is 4. The van der Waals surface area contributed by atoms with Gasteiger partial charge in [0.15, 0.2) is 0 Å². The summed E-state index contributed by atoms with van der Waals surface area (Å²) >= 11 is 0. The summed E-state index contributed by atoms with van der Waals surface area (Å²) in [5.41, 5.74) is 8.69. The van der Waals surface area contributed by atoms with Crippen molar-refractivity contribution in [1.82, 2.24) is 0 Å². The van der Waals surface area contributed by atoms with Crippen LogP contribution in [0.15, 0.2) is 82.8 Å². The monoisotopic (exact) mass is 1110 g/mol. The summed E-state index contributed by atoms with van der Waals surface area (Å²) in [6.07, 6.45) is 54.3. The van der Waals surface area contributed by atoms with Gasteiger partial charge >= 0.3 is 16.5 Å². The van der Waals surface area contributed by atoms with E-state index in [1.54, 1.807) is 0 Å². The van der Waals surface area contributed by atoms with E-state index >= 15 is 0 Å². The van der Waals surface area contributed by atoms with Crippen LogP contribution in [0.5, 0.6) is 11.5 Å². The topological polar surface area (TPSA) is 70.8 Å². The number of hydrogen-bond donors (Lipinski definition) is 0. The number of nitrogens with zero attached hydrogens (tertiary/aromatic N) is 2. The van der Waals surface area contributed by atoms with Gasteiger partial charge in [-0.25, -0.2) is 4.99 Å². The predicted octanol–water partition coefficient (Wildman–Crippen LogP) is 21.6. The molecule has 0 saturated heterocycles. The second-order valence-corrected chi connectivity index (χ2v) is 21.9. The van der Waals surface area contributed by atoms with Crippen molar-refractivity contribution in [2.75, 3.05) is 0 Å². The molecular weight excluding hydrogens is 996 g/mol. The summed E-state index contributed by atoms with van der Waals surface area (Å²) in [4.78, 5) is 11.0. The third-order valence-corrected chi connectivity index (χ3v) is 14.6. The maximum Gasteiger partial charge on any atom is 2.00 e. The third-order valence-electron chi connectivity index (χ3n) is 14.6. The van der Waals surface area contributed by atoms with Crippen molar-refractivity contribution >= 4 is 22.8 Å². The molecule has 3 aromatic rings. The van der Waals surface area contributed by atoms with E-state index in [2.05, 4.69) is 126 Å². The molecule has 0 aliphatic heterocycles. The maximum atomic E-state index is 11.6. The first-order chi connectivity index (χ1) is 37.9. The zero-order chi connectivity index (χ0) is 55.5. The van der Waals surface area contributed by atoms with E-state index in [1.807, 2.05) is 6.07 Å². The first-order valence-electron chi connectivity index (χ1n) is 32.3. The van der Waals surface area contributed by atoms with Gasteiger partial charge in [0.25, 0.3) is 0 Å². The number of benzene rings is 3. The van der Waals surface area contributed by atoms with Gasteiger partial charge in [-0.3, -0.25) is 4.99 Å². The SMILES string of the molecule is CCCC#CCCCc1ccccc1N=C(/C=C/CCCCCCCCCCCCCCCCCCCC)C(CCCCCC)=Nc1ccccc1CCCC#CCCC.CCCCCc1cc([O-])c([O-])c(CCCC)c1.[Ni+2]. The van der Waals surface area contributed by atoms with Gasteiger partial charge in [0.05, 0.1) is 22.8 Å². The van der Waals surface area contributed by atoms with Crippen LogP contribution in [0, 0.1) is 23.7 Å². The van der Waals surface area contributed by atoms with E-state index in [0.29, 0.717) is 5.56 Å². The van der Waals surface area contributed by atoms with Crippen LogP contribution in [-0.4, -0.2) is 11.4 Å². The molecule has 0 amide bonds. The average molecular weight is 1110 g/mol. The molecule has 0 aliphatic rings. The normalized spacial score (nSPS) is 11.4. The molecule has 0 N–H and O–H groups in total. The van der Waals surface area contributed by atoms with Crippen molar-refractivity contribution in [2.24, 2.45) is 9.98 Å². The number of aliphatic imine (C=N–C) groups is 2. The van der Waals surface area contributed by atoms with Gasteiger partial charge in [0.1, 0.15) is 0 Å². The molecule has 436 valence electrons. The number of rotatable bonds is 43. The fourth-order valence-corrected chi connectivity index (χ4v) is 9.79. The van der Waals surface area contributed by atoms with Crippen molar-refractivity contribution in [3.05, 3.63) is 95.1 Å². The molecular formula is C73H112N2NiO2. The molecule has 0 bridgehead atoms. The first-order valence-corrected chi connectivity index (χ1v) is 32.3. The fourth-order valence-electron chi connectivity index (χ4n) is 9.79. The standard InChI is InChI=1S/C58H90N2.C15H24O2.Ni/c1-5-9-13-17-20-21-22-23-24-25-26-27-28-29-30-31-32-33-36-40-52-58(60-56-50-44-42-48-54(56)46-38-35-19-15-11-7-3)57(51-39-16-12-8-4)59-55-49-43-41-47-53(55)45-37-34-18-14-10-6-2;1-3-5-7-8-12-10-13(9-6-4-2)15(17)14(16)11-12;/h40-44,47-50,52H,5-13,16-17,20-39,45-46,51H2,1-4H3;10-11,16-17H,3-9H2,1-2H3;/q;;+2/p-2/b52-40+,59-57?,60-58?;;. The Labute approximate surface area is 491 Å². The van der Waals surface area contributed by atoms with Crippen LogP contribution < -0.4 is 10.2 Å². The molecule has 3 rings (SSSR count). The molecule has 78 heavy (non-hydrogen) atoms. The Kier molecular flexibility index (Phi) is 48.3. The molecule has 5 heteroatoms. The molecule has 0 unspecified atom stereocenters. The van der Waals surface area contributed by atoms with E-state index < -0.39 is 0 Å². The summed E-state index contributed by atoms with van der Waals surface area (Å²) in [6.45, 7) is 13.2. The van der Waals surface area contributed by atoms with E-state index in [-0.39, 0.29) is 28.0 Å². The molecule has 0 atom stereocenters. The van der Waals surface area contributed by atoms with E-state index in [4.69, 9.17) is 9.98 Å². The van der Waals surface area contributed by atoms with Crippen LogP contribution in [0.25, 0.3) is 0 Å². The number of aryl methyl sites for hydroxylation is 4. The molecule has 0 fully saturated rings. The van der Waals surface area contributed by atoms with Crippen LogP contribution in [0.4, 0.5) is 11.4 Å². The molecule has 0 aliphatic carbocycles. The fraction of sp³-hybridized carbons (Fsp3) is 0.644. The minimum atomic E-state index is -0.329. The molecule has 0 radical (unpaired) electrons. The zero-order valence-corrected chi connectivity index (χ0v) is 51.9. The molecule has 4 nitrogen and oxygen atoms in total.